The van der Waals surface area contributed by atoms with Gasteiger partial charge in [0.25, 0.3) is 5.56 Å². The molecule has 0 aliphatic carbocycles. The Kier molecular flexibility index (Phi) is 3.34. The van der Waals surface area contributed by atoms with Gasteiger partial charge in [0.15, 0.2) is 0 Å². The van der Waals surface area contributed by atoms with E-state index >= 15 is 0 Å². The lowest BCUT2D eigenvalue weighted by atomic mass is 9.96. The van der Waals surface area contributed by atoms with E-state index in [0.717, 1.165) is 0 Å². The first kappa shape index (κ1) is 11.6. The van der Waals surface area contributed by atoms with Crippen molar-refractivity contribution in [3.8, 4) is 0 Å². The average Bonchev–Trinajstić information content (AvgIpc) is 2.49. The van der Waals surface area contributed by atoms with Crippen LogP contribution in [0.5, 0.6) is 0 Å². The van der Waals surface area contributed by atoms with Crippen LogP contribution in [0.4, 0.5) is 0 Å². The molecule has 0 fully saturated rings. The van der Waals surface area contributed by atoms with Crippen LogP contribution in [0.3, 0.4) is 0 Å². The molecule has 0 atom stereocenters. The normalized spacial score (nSPS) is 11.4. The number of H-pyrrole nitrogens is 1. The molecule has 5 nitrogen and oxygen atoms in total. The summed E-state index contributed by atoms with van der Waals surface area (Å²) in [5.74, 6) is 0.537. The second-order valence-corrected chi connectivity index (χ2v) is 4.43. The minimum Gasteiger partial charge on any atom is -0.383 e. The Bertz CT molecular complexity index is 384. The zero-order valence-electron chi connectivity index (χ0n) is 9.22. The summed E-state index contributed by atoms with van der Waals surface area (Å²) < 4.78 is 4.84. The lowest BCUT2D eigenvalue weighted by Gasteiger charge is -2.17. The number of rotatable bonds is 3. The Morgan fingerprint density at radius 3 is 2.67 bits per heavy atom. The third-order valence-corrected chi connectivity index (χ3v) is 1.91. The summed E-state index contributed by atoms with van der Waals surface area (Å²) in [6.07, 6.45) is 0.514. The van der Waals surface area contributed by atoms with Gasteiger partial charge in [0.2, 0.25) is 5.91 Å². The van der Waals surface area contributed by atoms with E-state index in [9.17, 15) is 9.59 Å². The third-order valence-electron chi connectivity index (χ3n) is 1.91. The van der Waals surface area contributed by atoms with Crippen molar-refractivity contribution in [2.45, 2.75) is 27.2 Å². The summed E-state index contributed by atoms with van der Waals surface area (Å²) in [4.78, 5) is 22.2. The molecular weight excluding hydrogens is 196 g/mol. The number of carbonyl (C=O) groups excluding carboxylic acids is 1. The first-order valence-electron chi connectivity index (χ1n) is 4.85. The summed E-state index contributed by atoms with van der Waals surface area (Å²) in [6.45, 7) is 6.01. The molecule has 1 amide bonds. The van der Waals surface area contributed by atoms with Gasteiger partial charge >= 0.3 is 0 Å². The largest absolute Gasteiger partial charge is 0.383 e. The van der Waals surface area contributed by atoms with Crippen LogP contribution in [-0.4, -0.2) is 17.6 Å². The van der Waals surface area contributed by atoms with Crippen LogP contribution in [-0.2, 0) is 11.2 Å². The van der Waals surface area contributed by atoms with Crippen molar-refractivity contribution in [3.63, 3.8) is 0 Å². The molecule has 2 N–H and O–H groups in total. The van der Waals surface area contributed by atoms with Crippen LogP contribution < -0.4 is 10.9 Å². The molecule has 1 rings (SSSR count). The maximum Gasteiger partial charge on any atom is 0.280 e. The fraction of sp³-hybridized carbons (Fsp3) is 0.600. The van der Waals surface area contributed by atoms with E-state index in [0.29, 0.717) is 18.7 Å². The molecule has 15 heavy (non-hydrogen) atoms. The molecule has 0 aliphatic rings. The van der Waals surface area contributed by atoms with Crippen molar-refractivity contribution in [3.05, 3.63) is 22.2 Å². The lowest BCUT2D eigenvalue weighted by molar-refractivity contribution is -0.128. The predicted molar refractivity (Wildman–Crippen MR) is 55.5 cm³/mol. The van der Waals surface area contributed by atoms with Gasteiger partial charge in [-0.3, -0.25) is 9.59 Å². The molecule has 1 aromatic heterocycles. The Balaban J connectivity index is 2.34. The highest BCUT2D eigenvalue weighted by atomic mass is 16.5. The molecule has 5 heteroatoms. The summed E-state index contributed by atoms with van der Waals surface area (Å²) in [7, 11) is 0. The molecule has 0 aliphatic heterocycles. The van der Waals surface area contributed by atoms with Crippen molar-refractivity contribution in [2.24, 2.45) is 5.41 Å². The number of aromatic nitrogens is 1. The van der Waals surface area contributed by atoms with E-state index in [1.165, 1.54) is 6.07 Å². The maximum absolute atomic E-state index is 11.4. The fourth-order valence-electron chi connectivity index (χ4n) is 1.01. The van der Waals surface area contributed by atoms with Crippen molar-refractivity contribution < 1.29 is 9.32 Å². The first-order valence-corrected chi connectivity index (χ1v) is 4.85. The SMILES string of the molecule is CC(C)(C)C(=O)NCCc1cc(=O)[nH]o1. The Labute approximate surface area is 87.8 Å². The lowest BCUT2D eigenvalue weighted by Crippen LogP contribution is -2.35. The van der Waals surface area contributed by atoms with Gasteiger partial charge in [-0.1, -0.05) is 20.8 Å². The van der Waals surface area contributed by atoms with Gasteiger partial charge in [-0.25, -0.2) is 0 Å². The second-order valence-electron chi connectivity index (χ2n) is 4.43. The number of aromatic amines is 1. The maximum atomic E-state index is 11.4. The monoisotopic (exact) mass is 212 g/mol. The van der Waals surface area contributed by atoms with Gasteiger partial charge in [0, 0.05) is 24.4 Å². The summed E-state index contributed by atoms with van der Waals surface area (Å²) in [5.41, 5.74) is -0.647. The quantitative estimate of drug-likeness (QED) is 0.773. The van der Waals surface area contributed by atoms with Gasteiger partial charge in [0.1, 0.15) is 5.76 Å². The molecule has 1 aromatic rings. The number of carbonyl (C=O) groups is 1. The molecule has 0 saturated carbocycles. The van der Waals surface area contributed by atoms with Gasteiger partial charge in [-0.2, -0.15) is 5.16 Å². The average molecular weight is 212 g/mol. The molecule has 0 spiro atoms. The first-order chi connectivity index (χ1) is 6.89. The smallest absolute Gasteiger partial charge is 0.280 e. The zero-order chi connectivity index (χ0) is 11.5. The van der Waals surface area contributed by atoms with Gasteiger partial charge in [-0.05, 0) is 0 Å². The highest BCUT2D eigenvalue weighted by Crippen LogP contribution is 2.12. The summed E-state index contributed by atoms with van der Waals surface area (Å²) in [5, 5.41) is 4.96. The van der Waals surface area contributed by atoms with E-state index in [4.69, 9.17) is 4.52 Å². The highest BCUT2D eigenvalue weighted by Gasteiger charge is 2.20. The Morgan fingerprint density at radius 1 is 1.53 bits per heavy atom. The summed E-state index contributed by atoms with van der Waals surface area (Å²) in [6, 6.07) is 1.38. The van der Waals surface area contributed by atoms with Gasteiger partial charge < -0.3 is 9.84 Å². The molecule has 0 unspecified atom stereocenters. The Hall–Kier alpha value is -1.52. The van der Waals surface area contributed by atoms with Crippen molar-refractivity contribution >= 4 is 5.91 Å². The van der Waals surface area contributed by atoms with Crippen LogP contribution in [0.2, 0.25) is 0 Å². The highest BCUT2D eigenvalue weighted by molar-refractivity contribution is 5.81. The van der Waals surface area contributed by atoms with E-state index < -0.39 is 0 Å². The molecule has 0 aromatic carbocycles. The molecule has 0 radical (unpaired) electrons. The van der Waals surface area contributed by atoms with E-state index in [-0.39, 0.29) is 16.9 Å². The molecule has 0 saturated heterocycles. The van der Waals surface area contributed by atoms with E-state index in [1.807, 2.05) is 20.8 Å². The minimum absolute atomic E-state index is 0.0135. The molecule has 84 valence electrons. The van der Waals surface area contributed by atoms with Crippen LogP contribution in [0, 0.1) is 5.41 Å². The summed E-state index contributed by atoms with van der Waals surface area (Å²) >= 11 is 0. The standard InChI is InChI=1S/C10H16N2O3/c1-10(2,3)9(14)11-5-4-7-6-8(13)12-15-7/h6H,4-5H2,1-3H3,(H,11,14)(H,12,13). The molecule has 1 heterocycles. The molecule has 0 bridgehead atoms. The molecular formula is C10H16N2O3. The Morgan fingerprint density at radius 2 is 2.20 bits per heavy atom. The third kappa shape index (κ3) is 3.61. The van der Waals surface area contributed by atoms with Crippen LogP contribution in [0.25, 0.3) is 0 Å². The van der Waals surface area contributed by atoms with Crippen LogP contribution in [0.15, 0.2) is 15.4 Å². The number of amides is 1. The number of nitrogens with one attached hydrogen (secondary N) is 2. The van der Waals surface area contributed by atoms with Gasteiger partial charge in [-0.15, -0.1) is 0 Å². The van der Waals surface area contributed by atoms with Gasteiger partial charge in [0.05, 0.1) is 0 Å². The number of hydrogen-bond donors (Lipinski definition) is 2. The number of hydrogen-bond acceptors (Lipinski definition) is 3. The topological polar surface area (TPSA) is 75.1 Å². The van der Waals surface area contributed by atoms with Crippen LogP contribution in [0.1, 0.15) is 26.5 Å². The minimum atomic E-state index is -0.390. The fourth-order valence-corrected chi connectivity index (χ4v) is 1.01. The predicted octanol–water partition coefficient (Wildman–Crippen LogP) is 0.673. The van der Waals surface area contributed by atoms with Crippen molar-refractivity contribution in [1.82, 2.24) is 10.5 Å². The van der Waals surface area contributed by atoms with E-state index in [1.54, 1.807) is 0 Å². The zero-order valence-corrected chi connectivity index (χ0v) is 9.22. The van der Waals surface area contributed by atoms with Crippen molar-refractivity contribution in [1.29, 1.82) is 0 Å². The van der Waals surface area contributed by atoms with E-state index in [2.05, 4.69) is 10.5 Å². The van der Waals surface area contributed by atoms with Crippen molar-refractivity contribution in [2.75, 3.05) is 6.54 Å². The van der Waals surface area contributed by atoms with Crippen LogP contribution >= 0.6 is 0 Å². The second kappa shape index (κ2) is 4.33.